The van der Waals surface area contributed by atoms with E-state index in [0.29, 0.717) is 0 Å². The molecule has 1 heteroatoms. The van der Waals surface area contributed by atoms with Gasteiger partial charge in [0.2, 0.25) is 0 Å². The normalized spacial score (nSPS) is 11.8. The average molecular weight is 1190 g/mol. The summed E-state index contributed by atoms with van der Waals surface area (Å²) in [7, 11) is -0.160. The summed E-state index contributed by atoms with van der Waals surface area (Å²) in [6.07, 6.45) is 83.1. The Kier molecular flexibility index (Phi) is 52.0. The summed E-state index contributed by atoms with van der Waals surface area (Å²) in [4.78, 5) is 5.16. The lowest BCUT2D eigenvalue weighted by atomic mass is 9.94. The first-order chi connectivity index (χ1) is 42.1. The van der Waals surface area contributed by atoms with Crippen molar-refractivity contribution < 1.29 is 0 Å². The van der Waals surface area contributed by atoms with Crippen LogP contribution in [0.5, 0.6) is 0 Å². The Morgan fingerprint density at radius 2 is 0.376 bits per heavy atom. The van der Waals surface area contributed by atoms with Crippen LogP contribution in [-0.4, -0.2) is 0 Å². The summed E-state index contributed by atoms with van der Waals surface area (Å²) in [5, 5.41) is 0. The Morgan fingerprint density at radius 3 is 0.576 bits per heavy atom. The first-order valence-corrected chi connectivity index (χ1v) is 40.4. The lowest BCUT2D eigenvalue weighted by molar-refractivity contribution is 0.560. The molecule has 0 saturated heterocycles. The Morgan fingerprint density at radius 1 is 0.200 bits per heavy atom. The standard InChI is InChI=1S/C84H147S/c1-7-13-19-25-31-37-43-49-56-64-76-72-78(66-58-51-45-39-33-27-21-15-9-3)83(79(73-76)67-59-52-46-40-34-28-22-16-10-4)85(82-70-62-55-63-71-82)84-80(68-60-53-47-41-35-29-23-17-11-5)74-77(65-57-50-44-38-32-26-20-14-8-2)75-81(84)69-61-54-48-42-36-30-24-18-12-6/h55,62-63,70-75H,7-54,56-61,64-69H2,1-6H3/q+1. The van der Waals surface area contributed by atoms with Gasteiger partial charge in [0.15, 0.2) is 14.7 Å². The monoisotopic (exact) mass is 1190 g/mol. The van der Waals surface area contributed by atoms with Crippen LogP contribution in [0.1, 0.15) is 422 Å². The molecule has 0 aliphatic carbocycles. The van der Waals surface area contributed by atoms with Crippen LogP contribution in [0.15, 0.2) is 69.3 Å². The van der Waals surface area contributed by atoms with Crippen molar-refractivity contribution in [2.45, 2.75) is 441 Å². The summed E-state index contributed by atoms with van der Waals surface area (Å²) in [5.41, 5.74) is 10.3. The maximum atomic E-state index is 2.84. The van der Waals surface area contributed by atoms with Crippen LogP contribution in [-0.2, 0) is 49.4 Å². The minimum absolute atomic E-state index is 0.160. The minimum atomic E-state index is -0.160. The van der Waals surface area contributed by atoms with Crippen molar-refractivity contribution >= 4 is 10.9 Å². The Bertz CT molecular complexity index is 1690. The maximum Gasteiger partial charge on any atom is 0.172 e. The molecule has 0 aliphatic rings. The summed E-state index contributed by atoms with van der Waals surface area (Å²) in [6.45, 7) is 14.1. The molecule has 0 radical (unpaired) electrons. The third-order valence-corrected chi connectivity index (χ3v) is 21.9. The highest BCUT2D eigenvalue weighted by atomic mass is 32.2. The van der Waals surface area contributed by atoms with Gasteiger partial charge in [-0.15, -0.1) is 0 Å². The van der Waals surface area contributed by atoms with Gasteiger partial charge in [-0.05, 0) is 100 Å². The molecule has 3 aromatic carbocycles. The van der Waals surface area contributed by atoms with Gasteiger partial charge in [-0.3, -0.25) is 0 Å². The van der Waals surface area contributed by atoms with Crippen molar-refractivity contribution in [1.29, 1.82) is 0 Å². The van der Waals surface area contributed by atoms with E-state index in [0.717, 1.165) is 0 Å². The first kappa shape index (κ1) is 77.3. The molecule has 0 nitrogen and oxygen atoms in total. The largest absolute Gasteiger partial charge is 0.172 e. The van der Waals surface area contributed by atoms with E-state index in [2.05, 4.69) is 96.1 Å². The van der Waals surface area contributed by atoms with E-state index in [1.807, 2.05) is 0 Å². The topological polar surface area (TPSA) is 0 Å². The van der Waals surface area contributed by atoms with Crippen LogP contribution in [0.3, 0.4) is 0 Å². The van der Waals surface area contributed by atoms with Gasteiger partial charge in [0.25, 0.3) is 0 Å². The molecule has 0 aliphatic heterocycles. The second kappa shape index (κ2) is 57.2. The maximum absolute atomic E-state index is 2.84. The number of rotatable bonds is 63. The molecule has 0 spiro atoms. The fraction of sp³-hybridized carbons (Fsp3) is 0.786. The zero-order chi connectivity index (χ0) is 60.6. The molecule has 0 fully saturated rings. The zero-order valence-corrected chi connectivity index (χ0v) is 59.3. The number of unbranched alkanes of at least 4 members (excludes halogenated alkanes) is 48. The number of aryl methyl sites for hydroxylation is 6. The minimum Gasteiger partial charge on any atom is -0.0654 e. The van der Waals surface area contributed by atoms with E-state index in [1.165, 1.54) is 385 Å². The van der Waals surface area contributed by atoms with E-state index in [9.17, 15) is 0 Å². The van der Waals surface area contributed by atoms with Crippen LogP contribution < -0.4 is 0 Å². The SMILES string of the molecule is CCCCCCCCCCCc1cc(CCCCCCCCCCC)c([S+](c2ccccc2)c2c(CCCCCCCCCCC)cc(CCCCCCCCCCC)cc2CCCCCCCCCCC)c(CCCCCCCCCCC)c1. The molecule has 3 rings (SSSR count). The fourth-order valence-electron chi connectivity index (χ4n) is 13.9. The zero-order valence-electron chi connectivity index (χ0n) is 58.5. The molecular formula is C84H147S+. The number of hydrogen-bond acceptors (Lipinski definition) is 0. The predicted molar refractivity (Wildman–Crippen MR) is 387 cm³/mol. The average Bonchev–Trinajstić information content (AvgIpc) is 1.44. The van der Waals surface area contributed by atoms with Crippen molar-refractivity contribution in [3.8, 4) is 0 Å². The van der Waals surface area contributed by atoms with Crippen molar-refractivity contribution in [3.63, 3.8) is 0 Å². The first-order valence-electron chi connectivity index (χ1n) is 39.2. The molecule has 488 valence electrons. The fourth-order valence-corrected chi connectivity index (χ4v) is 16.7. The highest BCUT2D eigenvalue weighted by molar-refractivity contribution is 7.97. The lowest BCUT2D eigenvalue weighted by Gasteiger charge is -2.23. The van der Waals surface area contributed by atoms with E-state index in [1.54, 1.807) is 48.1 Å². The van der Waals surface area contributed by atoms with Gasteiger partial charge in [0.1, 0.15) is 10.9 Å². The van der Waals surface area contributed by atoms with Crippen LogP contribution >= 0.6 is 0 Å². The van der Waals surface area contributed by atoms with Gasteiger partial charge in [0.05, 0.1) is 0 Å². The third kappa shape index (κ3) is 39.0. The van der Waals surface area contributed by atoms with E-state index in [4.69, 9.17) is 0 Å². The van der Waals surface area contributed by atoms with Gasteiger partial charge >= 0.3 is 0 Å². The summed E-state index contributed by atoms with van der Waals surface area (Å²) < 4.78 is 0. The molecule has 0 unspecified atom stereocenters. The van der Waals surface area contributed by atoms with E-state index < -0.39 is 0 Å². The molecule has 85 heavy (non-hydrogen) atoms. The number of hydrogen-bond donors (Lipinski definition) is 0. The predicted octanol–water partition coefficient (Wildman–Crippen LogP) is 29.2. The third-order valence-electron chi connectivity index (χ3n) is 19.3. The molecule has 0 N–H and O–H groups in total. The molecule has 0 aromatic heterocycles. The Hall–Kier alpha value is -1.99. The summed E-state index contributed by atoms with van der Waals surface area (Å²) in [5.74, 6) is 0. The smallest absolute Gasteiger partial charge is 0.0654 e. The van der Waals surface area contributed by atoms with Gasteiger partial charge in [-0.25, -0.2) is 0 Å². The number of benzene rings is 3. The van der Waals surface area contributed by atoms with Crippen molar-refractivity contribution in [3.05, 3.63) is 88.0 Å². The molecule has 3 aromatic rings. The molecule has 0 amide bonds. The molecular weight excluding hydrogens is 1040 g/mol. The molecule has 0 heterocycles. The molecule has 0 bridgehead atoms. The van der Waals surface area contributed by atoms with Crippen molar-refractivity contribution in [1.82, 2.24) is 0 Å². The van der Waals surface area contributed by atoms with Crippen molar-refractivity contribution in [2.75, 3.05) is 0 Å². The van der Waals surface area contributed by atoms with Crippen LogP contribution in [0.2, 0.25) is 0 Å². The Balaban J connectivity index is 2.23. The molecule has 0 saturated carbocycles. The summed E-state index contributed by atoms with van der Waals surface area (Å²) >= 11 is 0. The van der Waals surface area contributed by atoms with E-state index in [-0.39, 0.29) is 10.9 Å². The van der Waals surface area contributed by atoms with Crippen LogP contribution in [0, 0.1) is 0 Å². The second-order valence-electron chi connectivity index (χ2n) is 27.6. The van der Waals surface area contributed by atoms with E-state index >= 15 is 0 Å². The quantitative estimate of drug-likeness (QED) is 0.0390. The van der Waals surface area contributed by atoms with Crippen LogP contribution in [0.25, 0.3) is 0 Å². The second-order valence-corrected chi connectivity index (χ2v) is 29.5. The lowest BCUT2D eigenvalue weighted by Crippen LogP contribution is -2.17. The highest BCUT2D eigenvalue weighted by Crippen LogP contribution is 2.43. The summed E-state index contributed by atoms with van der Waals surface area (Å²) in [6, 6.07) is 23.7. The highest BCUT2D eigenvalue weighted by Gasteiger charge is 2.38. The molecule has 0 atom stereocenters. The van der Waals surface area contributed by atoms with Gasteiger partial charge in [-0.1, -0.05) is 392 Å². The van der Waals surface area contributed by atoms with Crippen molar-refractivity contribution in [2.24, 2.45) is 0 Å². The van der Waals surface area contributed by atoms with Gasteiger partial charge in [-0.2, -0.15) is 0 Å². The van der Waals surface area contributed by atoms with Gasteiger partial charge in [0, 0.05) is 22.3 Å². The Labute approximate surface area is 537 Å². The van der Waals surface area contributed by atoms with Gasteiger partial charge < -0.3 is 0 Å². The van der Waals surface area contributed by atoms with Crippen LogP contribution in [0.4, 0.5) is 0 Å².